The van der Waals surface area contributed by atoms with Crippen molar-refractivity contribution < 1.29 is 4.74 Å². The van der Waals surface area contributed by atoms with Crippen LogP contribution in [0, 0.1) is 0 Å². The number of pyridine rings is 1. The molecule has 0 aromatic carbocycles. The first-order valence-corrected chi connectivity index (χ1v) is 7.29. The van der Waals surface area contributed by atoms with Gasteiger partial charge in [-0.15, -0.1) is 0 Å². The molecule has 104 valence electrons. The first kappa shape index (κ1) is 13.0. The van der Waals surface area contributed by atoms with Crippen LogP contribution < -0.4 is 5.32 Å². The summed E-state index contributed by atoms with van der Waals surface area (Å²) in [5.74, 6) is 0. The third-order valence-electron chi connectivity index (χ3n) is 4.39. The lowest BCUT2D eigenvalue weighted by Crippen LogP contribution is -2.54. The number of hydrogen-bond donors (Lipinski definition) is 1. The van der Waals surface area contributed by atoms with Gasteiger partial charge in [0.15, 0.2) is 0 Å². The van der Waals surface area contributed by atoms with Gasteiger partial charge in [0.05, 0.1) is 12.7 Å². The zero-order valence-electron chi connectivity index (χ0n) is 11.6. The van der Waals surface area contributed by atoms with E-state index in [1.165, 1.54) is 19.4 Å². The molecule has 1 N–H and O–H groups in total. The molecule has 0 spiro atoms. The van der Waals surface area contributed by atoms with E-state index in [-0.39, 0.29) is 6.10 Å². The summed E-state index contributed by atoms with van der Waals surface area (Å²) in [6.07, 6.45) is 5.70. The van der Waals surface area contributed by atoms with E-state index in [1.54, 1.807) is 0 Å². The molecular weight excluding hydrogens is 238 g/mol. The summed E-state index contributed by atoms with van der Waals surface area (Å²) < 4.78 is 6.09. The number of aromatic nitrogens is 1. The second-order valence-electron chi connectivity index (χ2n) is 5.58. The number of nitrogens with zero attached hydrogens (tertiary/aromatic N) is 2. The molecule has 4 heteroatoms. The van der Waals surface area contributed by atoms with Crippen molar-refractivity contribution in [3.63, 3.8) is 0 Å². The minimum atomic E-state index is 0.279. The van der Waals surface area contributed by atoms with E-state index >= 15 is 0 Å². The van der Waals surface area contributed by atoms with Gasteiger partial charge in [-0.3, -0.25) is 9.88 Å². The maximum atomic E-state index is 6.09. The number of morpholine rings is 1. The average molecular weight is 261 g/mol. The molecular formula is C15H23N3O. The molecule has 4 nitrogen and oxygen atoms in total. The van der Waals surface area contributed by atoms with Crippen molar-refractivity contribution in [1.82, 2.24) is 15.2 Å². The molecule has 0 radical (unpaired) electrons. The Balaban J connectivity index is 1.62. The van der Waals surface area contributed by atoms with Crippen molar-refractivity contribution in [3.8, 4) is 0 Å². The van der Waals surface area contributed by atoms with E-state index in [1.807, 2.05) is 25.4 Å². The van der Waals surface area contributed by atoms with Crippen LogP contribution >= 0.6 is 0 Å². The Morgan fingerprint density at radius 3 is 3.26 bits per heavy atom. The van der Waals surface area contributed by atoms with Crippen molar-refractivity contribution in [2.75, 3.05) is 26.7 Å². The van der Waals surface area contributed by atoms with Crippen LogP contribution in [0.4, 0.5) is 0 Å². The standard InChI is InChI=1S/C15H23N3O/c1-16-14(9-12-5-2-3-7-17-12)15-10-18-8-4-6-13(18)11-19-15/h2-3,5,7,13-16H,4,6,8-11H2,1H3. The van der Waals surface area contributed by atoms with Crippen LogP contribution in [0.25, 0.3) is 0 Å². The molecule has 2 saturated heterocycles. The molecule has 2 aliphatic rings. The van der Waals surface area contributed by atoms with E-state index in [2.05, 4.69) is 21.3 Å². The Morgan fingerprint density at radius 2 is 2.47 bits per heavy atom. The number of likely N-dealkylation sites (N-methyl/N-ethyl adjacent to an activating group) is 1. The summed E-state index contributed by atoms with van der Waals surface area (Å²) in [5, 5.41) is 3.41. The largest absolute Gasteiger partial charge is 0.374 e. The number of rotatable bonds is 4. The lowest BCUT2D eigenvalue weighted by Gasteiger charge is -2.38. The minimum absolute atomic E-state index is 0.279. The van der Waals surface area contributed by atoms with Gasteiger partial charge in [-0.2, -0.15) is 0 Å². The average Bonchev–Trinajstić information content (AvgIpc) is 2.93. The summed E-state index contributed by atoms with van der Waals surface area (Å²) in [5.41, 5.74) is 1.13. The number of fused-ring (bicyclic) bond motifs is 1. The van der Waals surface area contributed by atoms with Gasteiger partial charge >= 0.3 is 0 Å². The van der Waals surface area contributed by atoms with Crippen LogP contribution in [0.5, 0.6) is 0 Å². The summed E-state index contributed by atoms with van der Waals surface area (Å²) in [6.45, 7) is 3.19. The van der Waals surface area contributed by atoms with E-state index in [4.69, 9.17) is 4.74 Å². The lowest BCUT2D eigenvalue weighted by molar-refractivity contribution is -0.0635. The normalized spacial score (nSPS) is 29.1. The van der Waals surface area contributed by atoms with Gasteiger partial charge in [-0.1, -0.05) is 6.07 Å². The van der Waals surface area contributed by atoms with Crippen molar-refractivity contribution in [2.24, 2.45) is 0 Å². The summed E-state index contributed by atoms with van der Waals surface area (Å²) in [6, 6.07) is 7.11. The van der Waals surface area contributed by atoms with Gasteiger partial charge in [0.25, 0.3) is 0 Å². The molecule has 3 unspecified atom stereocenters. The molecule has 3 heterocycles. The highest BCUT2D eigenvalue weighted by Crippen LogP contribution is 2.24. The van der Waals surface area contributed by atoms with Crippen LogP contribution in [0.1, 0.15) is 18.5 Å². The van der Waals surface area contributed by atoms with E-state index in [0.29, 0.717) is 12.1 Å². The van der Waals surface area contributed by atoms with Crippen LogP contribution in [0.2, 0.25) is 0 Å². The molecule has 0 aliphatic carbocycles. The lowest BCUT2D eigenvalue weighted by atomic mass is 10.0. The maximum Gasteiger partial charge on any atom is 0.0859 e. The van der Waals surface area contributed by atoms with Crippen LogP contribution in [-0.4, -0.2) is 54.8 Å². The second-order valence-corrected chi connectivity index (χ2v) is 5.58. The highest BCUT2D eigenvalue weighted by atomic mass is 16.5. The van der Waals surface area contributed by atoms with E-state index in [0.717, 1.165) is 25.3 Å². The molecule has 0 saturated carbocycles. The minimum Gasteiger partial charge on any atom is -0.374 e. The van der Waals surface area contributed by atoms with Gasteiger partial charge in [0.1, 0.15) is 0 Å². The second kappa shape index (κ2) is 5.99. The maximum absolute atomic E-state index is 6.09. The Hall–Kier alpha value is -0.970. The van der Waals surface area contributed by atoms with Gasteiger partial charge in [-0.05, 0) is 38.6 Å². The SMILES string of the molecule is CNC(Cc1ccccn1)C1CN2CCCC2CO1. The zero-order chi connectivity index (χ0) is 13.1. The van der Waals surface area contributed by atoms with Gasteiger partial charge < -0.3 is 10.1 Å². The predicted molar refractivity (Wildman–Crippen MR) is 75.1 cm³/mol. The summed E-state index contributed by atoms with van der Waals surface area (Å²) in [7, 11) is 2.02. The molecule has 1 aromatic rings. The van der Waals surface area contributed by atoms with Crippen LogP contribution in [-0.2, 0) is 11.2 Å². The molecule has 0 bridgehead atoms. The van der Waals surface area contributed by atoms with Crippen LogP contribution in [0.3, 0.4) is 0 Å². The Kier molecular flexibility index (Phi) is 4.11. The fourth-order valence-electron chi connectivity index (χ4n) is 3.25. The van der Waals surface area contributed by atoms with Gasteiger partial charge in [-0.25, -0.2) is 0 Å². The van der Waals surface area contributed by atoms with Gasteiger partial charge in [0, 0.05) is 36.9 Å². The van der Waals surface area contributed by atoms with Crippen molar-refractivity contribution >= 4 is 0 Å². The highest BCUT2D eigenvalue weighted by molar-refractivity contribution is 5.06. The van der Waals surface area contributed by atoms with E-state index < -0.39 is 0 Å². The monoisotopic (exact) mass is 261 g/mol. The molecule has 19 heavy (non-hydrogen) atoms. The number of nitrogens with one attached hydrogen (secondary N) is 1. The highest BCUT2D eigenvalue weighted by Gasteiger charge is 2.35. The molecule has 1 aromatic heterocycles. The topological polar surface area (TPSA) is 37.4 Å². The Labute approximate surface area is 115 Å². The predicted octanol–water partition coefficient (Wildman–Crippen LogP) is 1.08. The molecule has 3 atom stereocenters. The van der Waals surface area contributed by atoms with E-state index in [9.17, 15) is 0 Å². The number of hydrogen-bond acceptors (Lipinski definition) is 4. The fraction of sp³-hybridized carbons (Fsp3) is 0.667. The fourth-order valence-corrected chi connectivity index (χ4v) is 3.25. The quantitative estimate of drug-likeness (QED) is 0.880. The first-order valence-electron chi connectivity index (χ1n) is 7.29. The molecule has 3 rings (SSSR count). The zero-order valence-corrected chi connectivity index (χ0v) is 11.6. The van der Waals surface area contributed by atoms with Crippen molar-refractivity contribution in [3.05, 3.63) is 30.1 Å². The molecule has 0 amide bonds. The Bertz CT molecular complexity index is 398. The van der Waals surface area contributed by atoms with Gasteiger partial charge in [0.2, 0.25) is 0 Å². The summed E-state index contributed by atoms with van der Waals surface area (Å²) in [4.78, 5) is 7.01. The summed E-state index contributed by atoms with van der Waals surface area (Å²) >= 11 is 0. The molecule has 2 fully saturated rings. The van der Waals surface area contributed by atoms with Crippen molar-refractivity contribution in [1.29, 1.82) is 0 Å². The third-order valence-corrected chi connectivity index (χ3v) is 4.39. The van der Waals surface area contributed by atoms with Crippen molar-refractivity contribution in [2.45, 2.75) is 37.5 Å². The molecule has 2 aliphatic heterocycles. The third kappa shape index (κ3) is 2.96. The van der Waals surface area contributed by atoms with Crippen LogP contribution in [0.15, 0.2) is 24.4 Å². The Morgan fingerprint density at radius 1 is 1.53 bits per heavy atom. The smallest absolute Gasteiger partial charge is 0.0859 e. The number of ether oxygens (including phenoxy) is 1. The first-order chi connectivity index (χ1) is 9.36.